The monoisotopic (exact) mass is 462 g/mol. The molecule has 0 saturated carbocycles. The van der Waals surface area contributed by atoms with Crippen molar-refractivity contribution in [2.75, 3.05) is 6.61 Å². The third kappa shape index (κ3) is 5.31. The number of rotatable bonds is 7. The number of carbonyl (C=O) groups is 3. The second kappa shape index (κ2) is 10.7. The molecule has 0 amide bonds. The number of aliphatic hydroxyl groups is 1. The number of ether oxygens (including phenoxy) is 4. The van der Waals surface area contributed by atoms with Gasteiger partial charge in [-0.05, 0) is 36.4 Å². The molecule has 0 aliphatic carbocycles. The molecule has 4 atom stereocenters. The molecule has 3 aromatic carbocycles. The van der Waals surface area contributed by atoms with Crippen LogP contribution in [-0.4, -0.2) is 54.2 Å². The zero-order chi connectivity index (χ0) is 23.9. The Kier molecular flexibility index (Phi) is 7.31. The molecule has 1 heterocycles. The third-order valence-corrected chi connectivity index (χ3v) is 5.19. The molecule has 1 saturated heterocycles. The zero-order valence-electron chi connectivity index (χ0n) is 18.0. The van der Waals surface area contributed by atoms with E-state index in [2.05, 4.69) is 0 Å². The predicted molar refractivity (Wildman–Crippen MR) is 119 cm³/mol. The summed E-state index contributed by atoms with van der Waals surface area (Å²) in [7, 11) is 0. The predicted octanol–water partition coefficient (Wildman–Crippen LogP) is 3.01. The van der Waals surface area contributed by atoms with Crippen LogP contribution in [-0.2, 0) is 18.9 Å². The highest BCUT2D eigenvalue weighted by molar-refractivity contribution is 5.91. The van der Waals surface area contributed by atoms with Crippen LogP contribution < -0.4 is 0 Å². The molecule has 0 spiro atoms. The summed E-state index contributed by atoms with van der Waals surface area (Å²) in [5.74, 6) is -2.16. The van der Waals surface area contributed by atoms with Crippen LogP contribution in [0.1, 0.15) is 31.1 Å². The maximum absolute atomic E-state index is 12.8. The molecule has 1 aliphatic rings. The van der Waals surface area contributed by atoms with Crippen molar-refractivity contribution >= 4 is 17.9 Å². The third-order valence-electron chi connectivity index (χ3n) is 5.19. The molecule has 8 heteroatoms. The van der Waals surface area contributed by atoms with Gasteiger partial charge in [-0.1, -0.05) is 54.6 Å². The Bertz CT molecular complexity index is 1120. The van der Waals surface area contributed by atoms with Crippen LogP contribution in [0, 0.1) is 0 Å². The maximum Gasteiger partial charge on any atom is 0.340 e. The number of carbonyl (C=O) groups excluding carboxylic acids is 3. The fourth-order valence-corrected chi connectivity index (χ4v) is 3.48. The van der Waals surface area contributed by atoms with E-state index in [1.165, 1.54) is 0 Å². The van der Waals surface area contributed by atoms with Crippen LogP contribution in [0.3, 0.4) is 0 Å². The summed E-state index contributed by atoms with van der Waals surface area (Å²) < 4.78 is 22.3. The molecule has 0 aromatic heterocycles. The molecule has 4 rings (SSSR count). The minimum atomic E-state index is -1.41. The smallest absolute Gasteiger partial charge is 0.340 e. The van der Waals surface area contributed by atoms with Gasteiger partial charge in [0.25, 0.3) is 0 Å². The first-order valence-electron chi connectivity index (χ1n) is 10.6. The largest absolute Gasteiger partial charge is 0.452 e. The van der Waals surface area contributed by atoms with Crippen molar-refractivity contribution in [1.29, 1.82) is 0 Å². The molecular weight excluding hydrogens is 440 g/mol. The SMILES string of the molecule is O=C(OC1O[C@H](CO)[C@@H](OC(=O)c2ccccc2)[C@H]1OC(=O)c1ccccc1)c1ccccc1. The van der Waals surface area contributed by atoms with Crippen molar-refractivity contribution in [3.05, 3.63) is 108 Å². The quantitative estimate of drug-likeness (QED) is 0.422. The van der Waals surface area contributed by atoms with Crippen LogP contribution in [0.2, 0.25) is 0 Å². The lowest BCUT2D eigenvalue weighted by atomic mass is 10.1. The van der Waals surface area contributed by atoms with Crippen molar-refractivity contribution in [3.8, 4) is 0 Å². The Morgan fingerprint density at radius 2 is 1.00 bits per heavy atom. The lowest BCUT2D eigenvalue weighted by Crippen LogP contribution is -2.42. The first-order chi connectivity index (χ1) is 16.6. The van der Waals surface area contributed by atoms with Gasteiger partial charge in [-0.15, -0.1) is 0 Å². The van der Waals surface area contributed by atoms with Crippen molar-refractivity contribution in [3.63, 3.8) is 0 Å². The molecule has 1 aliphatic heterocycles. The highest BCUT2D eigenvalue weighted by atomic mass is 16.7. The van der Waals surface area contributed by atoms with Crippen molar-refractivity contribution in [1.82, 2.24) is 0 Å². The number of benzene rings is 3. The van der Waals surface area contributed by atoms with Gasteiger partial charge in [-0.3, -0.25) is 0 Å². The molecular formula is C26H22O8. The van der Waals surface area contributed by atoms with E-state index in [-0.39, 0.29) is 16.7 Å². The minimum Gasteiger partial charge on any atom is -0.452 e. The second-order valence-corrected chi connectivity index (χ2v) is 7.47. The Balaban J connectivity index is 1.59. The molecule has 8 nitrogen and oxygen atoms in total. The summed E-state index contributed by atoms with van der Waals surface area (Å²) in [4.78, 5) is 38.1. The van der Waals surface area contributed by atoms with Crippen LogP contribution in [0.15, 0.2) is 91.0 Å². The molecule has 0 bridgehead atoms. The average Bonchev–Trinajstić information content (AvgIpc) is 3.20. The van der Waals surface area contributed by atoms with Gasteiger partial charge in [0, 0.05) is 0 Å². The molecule has 34 heavy (non-hydrogen) atoms. The van der Waals surface area contributed by atoms with E-state index in [1.807, 2.05) is 0 Å². The van der Waals surface area contributed by atoms with Gasteiger partial charge >= 0.3 is 17.9 Å². The molecule has 174 valence electrons. The number of aliphatic hydroxyl groups excluding tert-OH is 1. The molecule has 1 fully saturated rings. The van der Waals surface area contributed by atoms with Crippen LogP contribution in [0.25, 0.3) is 0 Å². The van der Waals surface area contributed by atoms with Gasteiger partial charge in [0.2, 0.25) is 12.4 Å². The zero-order valence-corrected chi connectivity index (χ0v) is 18.0. The van der Waals surface area contributed by atoms with E-state index >= 15 is 0 Å². The van der Waals surface area contributed by atoms with Gasteiger partial charge in [-0.2, -0.15) is 0 Å². The number of hydrogen-bond acceptors (Lipinski definition) is 8. The Morgan fingerprint density at radius 1 is 0.618 bits per heavy atom. The molecule has 0 radical (unpaired) electrons. The summed E-state index contributed by atoms with van der Waals surface area (Å²) in [6.45, 7) is -0.564. The minimum absolute atomic E-state index is 0.247. The molecule has 3 aromatic rings. The topological polar surface area (TPSA) is 108 Å². The van der Waals surface area contributed by atoms with E-state index in [4.69, 9.17) is 18.9 Å². The van der Waals surface area contributed by atoms with Crippen LogP contribution >= 0.6 is 0 Å². The van der Waals surface area contributed by atoms with Crippen molar-refractivity contribution in [2.24, 2.45) is 0 Å². The van der Waals surface area contributed by atoms with Gasteiger partial charge in [0.15, 0.2) is 6.10 Å². The van der Waals surface area contributed by atoms with Gasteiger partial charge in [0.1, 0.15) is 6.10 Å². The Hall–Kier alpha value is -4.01. The van der Waals surface area contributed by atoms with E-state index in [1.54, 1.807) is 91.0 Å². The summed E-state index contributed by atoms with van der Waals surface area (Å²) >= 11 is 0. The summed E-state index contributed by atoms with van der Waals surface area (Å²) in [5, 5.41) is 9.86. The molecule has 1 unspecified atom stereocenters. The fourth-order valence-electron chi connectivity index (χ4n) is 3.48. The summed E-state index contributed by atoms with van der Waals surface area (Å²) in [5.41, 5.74) is 0.762. The average molecular weight is 462 g/mol. The van der Waals surface area contributed by atoms with Crippen molar-refractivity contribution in [2.45, 2.75) is 24.6 Å². The Morgan fingerprint density at radius 3 is 1.41 bits per heavy atom. The van der Waals surface area contributed by atoms with E-state index < -0.39 is 49.1 Å². The normalized spacial score (nSPS) is 21.4. The number of hydrogen-bond donors (Lipinski definition) is 1. The highest BCUT2D eigenvalue weighted by Gasteiger charge is 2.51. The number of esters is 3. The summed E-state index contributed by atoms with van der Waals surface area (Å²) in [6.07, 6.45) is -5.04. The first kappa shape index (κ1) is 23.2. The van der Waals surface area contributed by atoms with Crippen LogP contribution in [0.4, 0.5) is 0 Å². The lowest BCUT2D eigenvalue weighted by Gasteiger charge is -2.23. The van der Waals surface area contributed by atoms with Gasteiger partial charge in [-0.25, -0.2) is 14.4 Å². The standard InChI is InChI=1S/C26H22O8/c27-16-20-21(32-23(28)17-10-4-1-5-11-17)22(33-24(29)18-12-6-2-7-13-18)26(31-20)34-25(30)19-14-8-3-9-15-19/h1-15,20-22,26-27H,16H2/t20-,21-,22-,26?/m1/s1. The van der Waals surface area contributed by atoms with E-state index in [0.29, 0.717) is 0 Å². The van der Waals surface area contributed by atoms with E-state index in [0.717, 1.165) is 0 Å². The maximum atomic E-state index is 12.8. The summed E-state index contributed by atoms with van der Waals surface area (Å²) in [6, 6.07) is 24.6. The Labute approximate surface area is 195 Å². The van der Waals surface area contributed by atoms with Gasteiger partial charge in [0.05, 0.1) is 23.3 Å². The second-order valence-electron chi connectivity index (χ2n) is 7.47. The lowest BCUT2D eigenvalue weighted by molar-refractivity contribution is -0.141. The van der Waals surface area contributed by atoms with Crippen LogP contribution in [0.5, 0.6) is 0 Å². The first-order valence-corrected chi connectivity index (χ1v) is 10.6. The van der Waals surface area contributed by atoms with Crippen molar-refractivity contribution < 1.29 is 38.4 Å². The van der Waals surface area contributed by atoms with E-state index in [9.17, 15) is 19.5 Å². The highest BCUT2D eigenvalue weighted by Crippen LogP contribution is 2.30. The fraction of sp³-hybridized carbons (Fsp3) is 0.192. The van der Waals surface area contributed by atoms with Gasteiger partial charge < -0.3 is 24.1 Å². The molecule has 1 N–H and O–H groups in total.